The Morgan fingerprint density at radius 2 is 2.20 bits per heavy atom. The highest BCUT2D eigenvalue weighted by Crippen LogP contribution is 2.19. The van der Waals surface area contributed by atoms with E-state index in [1.807, 2.05) is 0 Å². The van der Waals surface area contributed by atoms with E-state index in [-0.39, 0.29) is 13.2 Å². The van der Waals surface area contributed by atoms with Gasteiger partial charge in [0.15, 0.2) is 5.69 Å². The minimum Gasteiger partial charge on any atom is -0.396 e. The third-order valence-corrected chi connectivity index (χ3v) is 1.57. The molecule has 0 atom stereocenters. The van der Waals surface area contributed by atoms with Gasteiger partial charge in [-0.05, 0) is 6.42 Å². The molecule has 0 fully saturated rings. The molecule has 1 aromatic rings. The van der Waals surface area contributed by atoms with Gasteiger partial charge in [0.2, 0.25) is 0 Å². The van der Waals surface area contributed by atoms with Gasteiger partial charge < -0.3 is 5.11 Å². The Morgan fingerprint density at radius 1 is 1.53 bits per heavy atom. The van der Waals surface area contributed by atoms with E-state index >= 15 is 0 Å². The fraction of sp³-hybridized carbons (Fsp3) is 0.571. The predicted molar refractivity (Wildman–Crippen MR) is 42.1 cm³/mol. The number of aromatic nitrogens is 3. The third-order valence-electron chi connectivity index (χ3n) is 1.57. The third kappa shape index (κ3) is 3.01. The van der Waals surface area contributed by atoms with Crippen LogP contribution in [-0.4, -0.2) is 38.7 Å². The Kier molecular flexibility index (Phi) is 3.40. The summed E-state index contributed by atoms with van der Waals surface area (Å²) in [7, 11) is 0. The van der Waals surface area contributed by atoms with Crippen molar-refractivity contribution in [3.05, 3.63) is 11.9 Å². The van der Waals surface area contributed by atoms with Crippen LogP contribution in [0.15, 0.2) is 6.20 Å². The van der Waals surface area contributed by atoms with E-state index in [0.29, 0.717) is 6.42 Å². The maximum Gasteiger partial charge on any atom is 0.456 e. The number of carbonyl (C=O) groups excluding carboxylic acids is 1. The average molecular weight is 223 g/mol. The summed E-state index contributed by atoms with van der Waals surface area (Å²) in [6, 6.07) is 0. The maximum atomic E-state index is 11.9. The van der Waals surface area contributed by atoms with Crippen molar-refractivity contribution in [2.24, 2.45) is 0 Å². The molecule has 0 spiro atoms. The summed E-state index contributed by atoms with van der Waals surface area (Å²) in [6.07, 6.45) is -3.69. The molecule has 1 N–H and O–H groups in total. The topological polar surface area (TPSA) is 68.0 Å². The summed E-state index contributed by atoms with van der Waals surface area (Å²) in [6.45, 7) is 0.108. The van der Waals surface area contributed by atoms with Crippen LogP contribution in [0.4, 0.5) is 13.2 Å². The van der Waals surface area contributed by atoms with Crippen molar-refractivity contribution in [3.8, 4) is 0 Å². The van der Waals surface area contributed by atoms with Crippen LogP contribution in [0.3, 0.4) is 0 Å². The van der Waals surface area contributed by atoms with Crippen LogP contribution >= 0.6 is 0 Å². The van der Waals surface area contributed by atoms with Crippen molar-refractivity contribution in [1.82, 2.24) is 15.0 Å². The van der Waals surface area contributed by atoms with Gasteiger partial charge >= 0.3 is 6.18 Å². The van der Waals surface area contributed by atoms with Crippen LogP contribution in [0.25, 0.3) is 0 Å². The van der Waals surface area contributed by atoms with Gasteiger partial charge in [-0.3, -0.25) is 9.48 Å². The summed E-state index contributed by atoms with van der Waals surface area (Å²) in [5, 5.41) is 14.9. The normalized spacial score (nSPS) is 11.7. The number of aliphatic hydroxyl groups excluding tert-OH is 1. The monoisotopic (exact) mass is 223 g/mol. The molecular formula is C7H8F3N3O2. The van der Waals surface area contributed by atoms with Gasteiger partial charge in [-0.2, -0.15) is 13.2 Å². The Hall–Kier alpha value is -1.44. The van der Waals surface area contributed by atoms with Crippen LogP contribution in [0.5, 0.6) is 0 Å². The lowest BCUT2D eigenvalue weighted by Crippen LogP contribution is -2.23. The van der Waals surface area contributed by atoms with E-state index < -0.39 is 17.7 Å². The number of alkyl halides is 3. The first-order valence-electron chi connectivity index (χ1n) is 4.07. The van der Waals surface area contributed by atoms with Crippen LogP contribution in [0.2, 0.25) is 0 Å². The van der Waals surface area contributed by atoms with Gasteiger partial charge in [-0.25, -0.2) is 0 Å². The highest BCUT2D eigenvalue weighted by atomic mass is 19.4. The Labute approximate surface area is 82.5 Å². The molecule has 0 bridgehead atoms. The number of halogens is 3. The van der Waals surface area contributed by atoms with E-state index in [1.165, 1.54) is 0 Å². The van der Waals surface area contributed by atoms with Crippen molar-refractivity contribution in [3.63, 3.8) is 0 Å². The minimum absolute atomic E-state index is 0.109. The number of rotatable bonds is 4. The highest BCUT2D eigenvalue weighted by molar-refractivity contribution is 5.98. The second-order valence-electron chi connectivity index (χ2n) is 2.77. The van der Waals surface area contributed by atoms with Gasteiger partial charge in [0.1, 0.15) is 0 Å². The van der Waals surface area contributed by atoms with E-state index in [4.69, 9.17) is 5.11 Å². The lowest BCUT2D eigenvalue weighted by Gasteiger charge is -2.00. The molecule has 15 heavy (non-hydrogen) atoms. The van der Waals surface area contributed by atoms with E-state index in [9.17, 15) is 18.0 Å². The predicted octanol–water partition coefficient (Wildman–Crippen LogP) is 0.406. The molecule has 84 valence electrons. The SMILES string of the molecule is O=C(c1cn(CCCO)nn1)C(F)(F)F. The molecule has 1 heterocycles. The molecule has 0 aliphatic heterocycles. The fourth-order valence-electron chi connectivity index (χ4n) is 0.890. The lowest BCUT2D eigenvalue weighted by atomic mass is 10.3. The Balaban J connectivity index is 2.72. The number of nitrogens with zero attached hydrogens (tertiary/aromatic N) is 3. The van der Waals surface area contributed by atoms with Crippen molar-refractivity contribution >= 4 is 5.78 Å². The summed E-state index contributed by atoms with van der Waals surface area (Å²) < 4.78 is 36.9. The van der Waals surface area contributed by atoms with Gasteiger partial charge in [-0.15, -0.1) is 5.10 Å². The highest BCUT2D eigenvalue weighted by Gasteiger charge is 2.41. The molecule has 0 aliphatic rings. The molecule has 0 saturated heterocycles. The summed E-state index contributed by atoms with van der Waals surface area (Å²) in [5.41, 5.74) is -0.736. The number of ketones is 1. The smallest absolute Gasteiger partial charge is 0.396 e. The van der Waals surface area contributed by atoms with Crippen LogP contribution in [-0.2, 0) is 6.54 Å². The van der Waals surface area contributed by atoms with Crippen molar-refractivity contribution in [1.29, 1.82) is 0 Å². The van der Waals surface area contributed by atoms with Gasteiger partial charge in [0.25, 0.3) is 5.78 Å². The molecule has 0 aromatic carbocycles. The second kappa shape index (κ2) is 4.39. The largest absolute Gasteiger partial charge is 0.456 e. The van der Waals surface area contributed by atoms with Gasteiger partial charge in [0, 0.05) is 13.2 Å². The fourth-order valence-corrected chi connectivity index (χ4v) is 0.890. The van der Waals surface area contributed by atoms with Crippen LogP contribution in [0.1, 0.15) is 16.9 Å². The number of hydrogen-bond acceptors (Lipinski definition) is 4. The van der Waals surface area contributed by atoms with Gasteiger partial charge in [0.05, 0.1) is 6.20 Å². The van der Waals surface area contributed by atoms with E-state index in [2.05, 4.69) is 10.3 Å². The molecule has 8 heteroatoms. The molecule has 1 aromatic heterocycles. The summed E-state index contributed by atoms with van der Waals surface area (Å²) >= 11 is 0. The molecular weight excluding hydrogens is 215 g/mol. The maximum absolute atomic E-state index is 11.9. The van der Waals surface area contributed by atoms with Crippen LogP contribution in [0, 0.1) is 0 Å². The first-order valence-corrected chi connectivity index (χ1v) is 4.07. The quantitative estimate of drug-likeness (QED) is 0.750. The molecule has 0 saturated carbocycles. The minimum atomic E-state index is -4.93. The summed E-state index contributed by atoms with van der Waals surface area (Å²) in [5.74, 6) is -2.02. The van der Waals surface area contributed by atoms with Crippen LogP contribution < -0.4 is 0 Å². The average Bonchev–Trinajstić information content (AvgIpc) is 2.60. The number of aryl methyl sites for hydroxylation is 1. The van der Waals surface area contributed by atoms with Crippen molar-refractivity contribution < 1.29 is 23.1 Å². The zero-order valence-electron chi connectivity index (χ0n) is 7.53. The standard InChI is InChI=1S/C7H8F3N3O2/c8-7(9,10)6(15)5-4-13(12-11-5)2-1-3-14/h4,14H,1-3H2. The zero-order chi connectivity index (χ0) is 11.5. The van der Waals surface area contributed by atoms with Gasteiger partial charge in [-0.1, -0.05) is 5.21 Å². The lowest BCUT2D eigenvalue weighted by molar-refractivity contribution is -0.0888. The molecule has 0 radical (unpaired) electrons. The first kappa shape index (κ1) is 11.6. The number of carbonyl (C=O) groups is 1. The van der Waals surface area contributed by atoms with Crippen molar-refractivity contribution in [2.45, 2.75) is 19.1 Å². The van der Waals surface area contributed by atoms with E-state index in [0.717, 1.165) is 10.9 Å². The molecule has 0 unspecified atom stereocenters. The molecule has 1 rings (SSSR count). The number of hydrogen-bond donors (Lipinski definition) is 1. The Bertz CT molecular complexity index is 347. The molecule has 0 amide bonds. The second-order valence-corrected chi connectivity index (χ2v) is 2.77. The van der Waals surface area contributed by atoms with Crippen molar-refractivity contribution in [2.75, 3.05) is 6.61 Å². The number of aliphatic hydroxyl groups is 1. The molecule has 0 aliphatic carbocycles. The first-order chi connectivity index (χ1) is 6.95. The summed E-state index contributed by atoms with van der Waals surface area (Å²) in [4.78, 5) is 10.7. The van der Waals surface area contributed by atoms with E-state index in [1.54, 1.807) is 0 Å². The molecule has 5 nitrogen and oxygen atoms in total. The Morgan fingerprint density at radius 3 is 2.73 bits per heavy atom. The number of Topliss-reactive ketones (excluding diaryl/α,β-unsaturated/α-hetero) is 1. The zero-order valence-corrected chi connectivity index (χ0v) is 7.53.